The van der Waals surface area contributed by atoms with E-state index in [1.165, 1.54) is 23.0 Å². The van der Waals surface area contributed by atoms with E-state index in [0.717, 1.165) is 11.1 Å². The summed E-state index contributed by atoms with van der Waals surface area (Å²) in [6.07, 6.45) is 1.74. The number of carbonyl (C=O) groups is 2. The van der Waals surface area contributed by atoms with Crippen LogP contribution in [0, 0.1) is 0 Å². The highest BCUT2D eigenvalue weighted by Crippen LogP contribution is 2.31. The number of carbonyl (C=O) groups excluding carboxylic acids is 2. The van der Waals surface area contributed by atoms with Gasteiger partial charge in [-0.25, -0.2) is 14.6 Å². The van der Waals surface area contributed by atoms with Gasteiger partial charge >= 0.3 is 11.9 Å². The zero-order valence-electron chi connectivity index (χ0n) is 19.7. The average Bonchev–Trinajstić information content (AvgIpc) is 3.17. The zero-order valence-corrected chi connectivity index (χ0v) is 20.5. The SMILES string of the molecule is CCOC(=O)C1=C(C)N=c2s/c(=C/c3ccc(C(=O)OC)cc3)c(=O)n2[C@H]1c1ccc(OC)cc1. The summed E-state index contributed by atoms with van der Waals surface area (Å²) < 4.78 is 17.3. The minimum absolute atomic E-state index is 0.205. The fourth-order valence-electron chi connectivity index (χ4n) is 3.88. The van der Waals surface area contributed by atoms with Gasteiger partial charge in [0.2, 0.25) is 0 Å². The monoisotopic (exact) mass is 492 g/mol. The highest BCUT2D eigenvalue weighted by atomic mass is 32.1. The molecule has 1 aliphatic heterocycles. The van der Waals surface area contributed by atoms with E-state index in [2.05, 4.69) is 4.99 Å². The molecule has 4 rings (SSSR count). The lowest BCUT2D eigenvalue weighted by atomic mass is 9.96. The van der Waals surface area contributed by atoms with Gasteiger partial charge in [0.15, 0.2) is 4.80 Å². The number of allylic oxidation sites excluding steroid dienone is 1. The fourth-order valence-corrected chi connectivity index (χ4v) is 4.92. The minimum Gasteiger partial charge on any atom is -0.497 e. The largest absolute Gasteiger partial charge is 0.497 e. The van der Waals surface area contributed by atoms with Gasteiger partial charge in [-0.3, -0.25) is 9.36 Å². The maximum absolute atomic E-state index is 13.6. The molecule has 2 heterocycles. The van der Waals surface area contributed by atoms with Gasteiger partial charge in [0, 0.05) is 0 Å². The van der Waals surface area contributed by atoms with Crippen LogP contribution in [0.3, 0.4) is 0 Å². The quantitative estimate of drug-likeness (QED) is 0.491. The normalized spacial score (nSPS) is 15.3. The Labute approximate surface area is 205 Å². The third kappa shape index (κ3) is 4.67. The van der Waals surface area contributed by atoms with Gasteiger partial charge in [0.25, 0.3) is 5.56 Å². The van der Waals surface area contributed by atoms with Crippen LogP contribution in [0.15, 0.2) is 69.6 Å². The molecule has 0 saturated carbocycles. The molecule has 1 aliphatic rings. The number of benzene rings is 2. The van der Waals surface area contributed by atoms with Gasteiger partial charge in [-0.2, -0.15) is 0 Å². The number of hydrogen-bond acceptors (Lipinski definition) is 8. The first kappa shape index (κ1) is 24.2. The minimum atomic E-state index is -0.694. The van der Waals surface area contributed by atoms with Gasteiger partial charge in [-0.15, -0.1) is 0 Å². The Kier molecular flexibility index (Phi) is 6.97. The molecule has 8 nitrogen and oxygen atoms in total. The summed E-state index contributed by atoms with van der Waals surface area (Å²) in [5.41, 5.74) is 2.43. The third-order valence-corrected chi connectivity index (χ3v) is 6.56. The van der Waals surface area contributed by atoms with E-state index in [9.17, 15) is 14.4 Å². The number of methoxy groups -OCH3 is 2. The number of fused-ring (bicyclic) bond motifs is 1. The van der Waals surface area contributed by atoms with E-state index >= 15 is 0 Å². The molecule has 35 heavy (non-hydrogen) atoms. The average molecular weight is 493 g/mol. The summed E-state index contributed by atoms with van der Waals surface area (Å²) >= 11 is 1.23. The van der Waals surface area contributed by atoms with E-state index in [1.807, 2.05) is 12.1 Å². The molecule has 0 fully saturated rings. The van der Waals surface area contributed by atoms with Crippen molar-refractivity contribution in [2.75, 3.05) is 20.8 Å². The van der Waals surface area contributed by atoms with E-state index in [4.69, 9.17) is 14.2 Å². The van der Waals surface area contributed by atoms with Crippen molar-refractivity contribution in [2.45, 2.75) is 19.9 Å². The Balaban J connectivity index is 1.87. The predicted octanol–water partition coefficient (Wildman–Crippen LogP) is 2.59. The maximum Gasteiger partial charge on any atom is 0.338 e. The number of rotatable bonds is 6. The lowest BCUT2D eigenvalue weighted by Gasteiger charge is -2.24. The van der Waals surface area contributed by atoms with Crippen molar-refractivity contribution < 1.29 is 23.8 Å². The summed E-state index contributed by atoms with van der Waals surface area (Å²) in [7, 11) is 2.90. The van der Waals surface area contributed by atoms with Gasteiger partial charge < -0.3 is 14.2 Å². The van der Waals surface area contributed by atoms with Gasteiger partial charge in [-0.05, 0) is 55.3 Å². The summed E-state index contributed by atoms with van der Waals surface area (Å²) in [5.74, 6) is -0.283. The van der Waals surface area contributed by atoms with Crippen molar-refractivity contribution in [3.05, 3.63) is 96.2 Å². The molecule has 2 aromatic carbocycles. The van der Waals surface area contributed by atoms with Crippen molar-refractivity contribution in [1.29, 1.82) is 0 Å². The van der Waals surface area contributed by atoms with Crippen LogP contribution in [0.25, 0.3) is 6.08 Å². The molecular formula is C26H24N2O6S. The second-order valence-electron chi connectivity index (χ2n) is 7.69. The van der Waals surface area contributed by atoms with Gasteiger partial charge in [0.05, 0.1) is 48.2 Å². The lowest BCUT2D eigenvalue weighted by Crippen LogP contribution is -2.39. The Bertz CT molecular complexity index is 1480. The first-order chi connectivity index (χ1) is 16.9. The Morgan fingerprint density at radius 2 is 1.74 bits per heavy atom. The highest BCUT2D eigenvalue weighted by molar-refractivity contribution is 7.07. The molecule has 9 heteroatoms. The predicted molar refractivity (Wildman–Crippen MR) is 131 cm³/mol. The van der Waals surface area contributed by atoms with E-state index in [1.54, 1.807) is 63.4 Å². The van der Waals surface area contributed by atoms with Crippen LogP contribution in [-0.2, 0) is 14.3 Å². The summed E-state index contributed by atoms with van der Waals surface area (Å²) in [6, 6.07) is 13.3. The molecule has 0 saturated heterocycles. The molecular weight excluding hydrogens is 468 g/mol. The Morgan fingerprint density at radius 3 is 2.34 bits per heavy atom. The number of ether oxygens (including phenoxy) is 3. The summed E-state index contributed by atoms with van der Waals surface area (Å²) in [5, 5.41) is 0. The van der Waals surface area contributed by atoms with E-state index < -0.39 is 18.0 Å². The molecule has 0 unspecified atom stereocenters. The number of hydrogen-bond donors (Lipinski definition) is 0. The number of aromatic nitrogens is 1. The van der Waals surface area contributed by atoms with Gasteiger partial charge in [0.1, 0.15) is 5.75 Å². The molecule has 180 valence electrons. The lowest BCUT2D eigenvalue weighted by molar-refractivity contribution is -0.139. The first-order valence-electron chi connectivity index (χ1n) is 10.9. The molecule has 0 radical (unpaired) electrons. The maximum atomic E-state index is 13.6. The number of thiazole rings is 1. The number of esters is 2. The molecule has 0 amide bonds. The topological polar surface area (TPSA) is 96.2 Å². The Morgan fingerprint density at radius 1 is 1.06 bits per heavy atom. The zero-order chi connectivity index (χ0) is 25.1. The van der Waals surface area contributed by atoms with Crippen LogP contribution in [0.1, 0.15) is 41.4 Å². The smallest absolute Gasteiger partial charge is 0.338 e. The van der Waals surface area contributed by atoms with Crippen LogP contribution < -0.4 is 19.6 Å². The van der Waals surface area contributed by atoms with Crippen molar-refractivity contribution in [3.8, 4) is 5.75 Å². The van der Waals surface area contributed by atoms with Crippen molar-refractivity contribution >= 4 is 29.4 Å². The van der Waals surface area contributed by atoms with E-state index in [-0.39, 0.29) is 12.2 Å². The molecule has 0 N–H and O–H groups in total. The molecule has 1 atom stereocenters. The van der Waals surface area contributed by atoms with E-state index in [0.29, 0.717) is 31.9 Å². The fraction of sp³-hybridized carbons (Fsp3) is 0.231. The van der Waals surface area contributed by atoms with Crippen LogP contribution >= 0.6 is 11.3 Å². The first-order valence-corrected chi connectivity index (χ1v) is 11.7. The molecule has 3 aromatic rings. The van der Waals surface area contributed by atoms with Crippen molar-refractivity contribution in [3.63, 3.8) is 0 Å². The Hall–Kier alpha value is -3.98. The second kappa shape index (κ2) is 10.1. The summed E-state index contributed by atoms with van der Waals surface area (Å²) in [4.78, 5) is 43.3. The van der Waals surface area contributed by atoms with Gasteiger partial charge in [-0.1, -0.05) is 35.6 Å². The van der Waals surface area contributed by atoms with Crippen molar-refractivity contribution in [1.82, 2.24) is 4.57 Å². The van der Waals surface area contributed by atoms with Crippen LogP contribution in [-0.4, -0.2) is 37.3 Å². The molecule has 1 aromatic heterocycles. The third-order valence-electron chi connectivity index (χ3n) is 5.58. The molecule has 0 bridgehead atoms. The standard InChI is InChI=1S/C26H24N2O6S/c1-5-34-25(31)21-15(2)27-26-28(22(21)17-10-12-19(32-3)13-11-17)23(29)20(35-26)14-16-6-8-18(9-7-16)24(30)33-4/h6-14,22H,5H2,1-4H3/b20-14+/t22-/m0/s1. The highest BCUT2D eigenvalue weighted by Gasteiger charge is 2.33. The number of nitrogens with zero attached hydrogens (tertiary/aromatic N) is 2. The second-order valence-corrected chi connectivity index (χ2v) is 8.70. The van der Waals surface area contributed by atoms with Crippen LogP contribution in [0.5, 0.6) is 5.75 Å². The van der Waals surface area contributed by atoms with Crippen molar-refractivity contribution in [2.24, 2.45) is 4.99 Å². The molecule has 0 spiro atoms. The summed E-state index contributed by atoms with van der Waals surface area (Å²) in [6.45, 7) is 3.68. The van der Waals surface area contributed by atoms with Crippen LogP contribution in [0.2, 0.25) is 0 Å². The van der Waals surface area contributed by atoms with Crippen LogP contribution in [0.4, 0.5) is 0 Å². The molecule has 0 aliphatic carbocycles.